The van der Waals surface area contributed by atoms with E-state index in [4.69, 9.17) is 16.1 Å². The van der Waals surface area contributed by atoms with Crippen LogP contribution in [0.15, 0.2) is 22.9 Å². The Hall–Kier alpha value is -1.57. The number of hydrogen-bond donors (Lipinski definition) is 0. The number of hydrogen-bond acceptors (Lipinski definition) is 5. The lowest BCUT2D eigenvalue weighted by Gasteiger charge is -2.12. The lowest BCUT2D eigenvalue weighted by atomic mass is 9.98. The van der Waals surface area contributed by atoms with Crippen molar-refractivity contribution in [1.82, 2.24) is 5.16 Å². The Labute approximate surface area is 132 Å². The van der Waals surface area contributed by atoms with Crippen LogP contribution in [0.25, 0.3) is 0 Å². The fraction of sp³-hybridized carbons (Fsp3) is 0.286. The van der Waals surface area contributed by atoms with Crippen LogP contribution in [-0.2, 0) is 16.8 Å². The summed E-state index contributed by atoms with van der Waals surface area (Å²) in [7, 11) is 0. The van der Waals surface area contributed by atoms with Gasteiger partial charge in [0.25, 0.3) is 0 Å². The molecule has 1 aliphatic carbocycles. The predicted octanol–water partition coefficient (Wildman–Crippen LogP) is 2.95. The molecule has 5 nitrogen and oxygen atoms in total. The molecule has 0 aliphatic heterocycles. The molecule has 1 atom stereocenters. The van der Waals surface area contributed by atoms with E-state index in [0.29, 0.717) is 5.76 Å². The fourth-order valence-corrected chi connectivity index (χ4v) is 2.96. The molecule has 116 valence electrons. The maximum atomic E-state index is 14.1. The van der Waals surface area contributed by atoms with Gasteiger partial charge in [-0.15, -0.1) is 0 Å². The molecule has 0 N–H and O–H groups in total. The predicted molar refractivity (Wildman–Crippen MR) is 75.9 cm³/mol. The van der Waals surface area contributed by atoms with Gasteiger partial charge in [-0.3, -0.25) is 9.00 Å². The third kappa shape index (κ3) is 2.84. The summed E-state index contributed by atoms with van der Waals surface area (Å²) < 4.78 is 41.0. The summed E-state index contributed by atoms with van der Waals surface area (Å²) >= 11 is 3.12. The zero-order chi connectivity index (χ0) is 15.9. The fourth-order valence-electron chi connectivity index (χ4n) is 2.27. The highest BCUT2D eigenvalue weighted by molar-refractivity contribution is 7.78. The van der Waals surface area contributed by atoms with Gasteiger partial charge >= 0.3 is 0 Å². The van der Waals surface area contributed by atoms with E-state index in [1.165, 1.54) is 18.3 Å². The molecule has 1 aliphatic rings. The molecule has 1 aromatic carbocycles. The Balaban J connectivity index is 2.06. The van der Waals surface area contributed by atoms with Crippen molar-refractivity contribution in [3.63, 3.8) is 0 Å². The average Bonchev–Trinajstić information content (AvgIpc) is 3.20. The van der Waals surface area contributed by atoms with Gasteiger partial charge in [0.2, 0.25) is 0 Å². The quantitative estimate of drug-likeness (QED) is 0.616. The first-order valence-corrected chi connectivity index (χ1v) is 8.13. The first kappa shape index (κ1) is 15.3. The van der Waals surface area contributed by atoms with Crippen molar-refractivity contribution < 1.29 is 22.5 Å². The number of rotatable bonds is 5. The lowest BCUT2D eigenvalue weighted by Crippen LogP contribution is -2.10. The highest BCUT2D eigenvalue weighted by atomic mass is 35.5. The SMILES string of the molecule is O=C(c1cnoc1C1CC1)c1ccc(Cl)c(F)c1CS(=O)[O-]. The molecule has 1 fully saturated rings. The van der Waals surface area contributed by atoms with E-state index in [1.54, 1.807) is 0 Å². The number of nitrogens with zero attached hydrogens (tertiary/aromatic N) is 1. The van der Waals surface area contributed by atoms with Gasteiger partial charge in [0.1, 0.15) is 5.82 Å². The Bertz CT molecular complexity index is 772. The Morgan fingerprint density at radius 2 is 2.18 bits per heavy atom. The van der Waals surface area contributed by atoms with Crippen LogP contribution in [0.3, 0.4) is 0 Å². The minimum Gasteiger partial charge on any atom is -0.772 e. The molecule has 1 unspecified atom stereocenters. The second-order valence-corrected chi connectivity index (χ2v) is 6.35. The van der Waals surface area contributed by atoms with E-state index in [-0.39, 0.29) is 27.6 Å². The van der Waals surface area contributed by atoms with Crippen LogP contribution in [0, 0.1) is 5.82 Å². The molecule has 0 radical (unpaired) electrons. The minimum atomic E-state index is -2.55. The van der Waals surface area contributed by atoms with E-state index in [1.807, 2.05) is 0 Å². The number of benzene rings is 1. The van der Waals surface area contributed by atoms with Gasteiger partial charge in [0.15, 0.2) is 11.5 Å². The van der Waals surface area contributed by atoms with Crippen LogP contribution in [0.5, 0.6) is 0 Å². The van der Waals surface area contributed by atoms with Crippen molar-refractivity contribution in [2.24, 2.45) is 0 Å². The highest BCUT2D eigenvalue weighted by Gasteiger charge is 2.33. The van der Waals surface area contributed by atoms with Crippen LogP contribution in [0.2, 0.25) is 5.02 Å². The Morgan fingerprint density at radius 3 is 2.82 bits per heavy atom. The van der Waals surface area contributed by atoms with E-state index in [9.17, 15) is 17.9 Å². The van der Waals surface area contributed by atoms with Crippen molar-refractivity contribution in [1.29, 1.82) is 0 Å². The zero-order valence-corrected chi connectivity index (χ0v) is 12.7. The first-order valence-electron chi connectivity index (χ1n) is 6.51. The molecule has 0 bridgehead atoms. The van der Waals surface area contributed by atoms with Crippen molar-refractivity contribution in [2.75, 3.05) is 0 Å². The van der Waals surface area contributed by atoms with Crippen LogP contribution in [0.4, 0.5) is 4.39 Å². The largest absolute Gasteiger partial charge is 0.772 e. The summed E-state index contributed by atoms with van der Waals surface area (Å²) in [4.78, 5) is 12.6. The molecule has 1 saturated carbocycles. The molecular formula is C14H10ClFNO4S-. The topological polar surface area (TPSA) is 83.2 Å². The maximum Gasteiger partial charge on any atom is 0.198 e. The monoisotopic (exact) mass is 342 g/mol. The van der Waals surface area contributed by atoms with Crippen molar-refractivity contribution in [3.05, 3.63) is 51.6 Å². The Morgan fingerprint density at radius 1 is 1.45 bits per heavy atom. The van der Waals surface area contributed by atoms with E-state index < -0.39 is 28.4 Å². The van der Waals surface area contributed by atoms with Gasteiger partial charge in [-0.2, -0.15) is 0 Å². The summed E-state index contributed by atoms with van der Waals surface area (Å²) in [6.45, 7) is 0. The van der Waals surface area contributed by atoms with Crippen LogP contribution < -0.4 is 0 Å². The van der Waals surface area contributed by atoms with Crippen molar-refractivity contribution in [3.8, 4) is 0 Å². The summed E-state index contributed by atoms with van der Waals surface area (Å²) in [5.41, 5.74) is -0.0489. The molecule has 22 heavy (non-hydrogen) atoms. The molecule has 1 aromatic heterocycles. The van der Waals surface area contributed by atoms with Crippen LogP contribution in [0.1, 0.15) is 46.0 Å². The molecule has 0 spiro atoms. The lowest BCUT2D eigenvalue weighted by molar-refractivity contribution is 0.103. The Kier molecular flexibility index (Phi) is 4.12. The van der Waals surface area contributed by atoms with Gasteiger partial charge in [0.05, 0.1) is 16.8 Å². The number of carbonyl (C=O) groups excluding carboxylic acids is 1. The molecule has 0 saturated heterocycles. The molecule has 1 heterocycles. The molecule has 8 heteroatoms. The smallest absolute Gasteiger partial charge is 0.198 e. The number of aromatic nitrogens is 1. The third-order valence-corrected chi connectivity index (χ3v) is 4.31. The van der Waals surface area contributed by atoms with Crippen molar-refractivity contribution >= 4 is 28.5 Å². The van der Waals surface area contributed by atoms with Gasteiger partial charge in [0, 0.05) is 22.8 Å². The second kappa shape index (κ2) is 5.91. The highest BCUT2D eigenvalue weighted by Crippen LogP contribution is 2.42. The van der Waals surface area contributed by atoms with Crippen LogP contribution >= 0.6 is 11.6 Å². The molecule has 0 amide bonds. The summed E-state index contributed by atoms with van der Waals surface area (Å²) in [5, 5.41) is 3.39. The van der Waals surface area contributed by atoms with E-state index >= 15 is 0 Å². The number of halogens is 2. The second-order valence-electron chi connectivity index (χ2n) is 5.04. The normalized spacial score (nSPS) is 15.8. The zero-order valence-electron chi connectivity index (χ0n) is 11.2. The van der Waals surface area contributed by atoms with Gasteiger partial charge in [-0.1, -0.05) is 27.8 Å². The number of ketones is 1. The van der Waals surface area contributed by atoms with Gasteiger partial charge in [-0.05, 0) is 25.0 Å². The van der Waals surface area contributed by atoms with E-state index in [2.05, 4.69) is 5.16 Å². The van der Waals surface area contributed by atoms with Gasteiger partial charge < -0.3 is 9.08 Å². The summed E-state index contributed by atoms with van der Waals surface area (Å²) in [6, 6.07) is 2.55. The van der Waals surface area contributed by atoms with Crippen molar-refractivity contribution in [2.45, 2.75) is 24.5 Å². The van der Waals surface area contributed by atoms with Crippen LogP contribution in [-0.4, -0.2) is 19.7 Å². The maximum absolute atomic E-state index is 14.1. The standard InChI is InChI=1S/C14H11ClFNO4S/c15-11-4-3-8(10(12(11)16)6-22(19)20)13(18)9-5-17-21-14(9)7-1-2-7/h3-5,7H,1-2,6H2,(H,19,20)/p-1. The third-order valence-electron chi connectivity index (χ3n) is 3.49. The summed E-state index contributed by atoms with van der Waals surface area (Å²) in [6.07, 6.45) is 3.09. The summed E-state index contributed by atoms with van der Waals surface area (Å²) in [5.74, 6) is -1.43. The van der Waals surface area contributed by atoms with Gasteiger partial charge in [-0.25, -0.2) is 4.39 Å². The molecule has 3 rings (SSSR count). The minimum absolute atomic E-state index is 0.0452. The molecule has 2 aromatic rings. The first-order chi connectivity index (χ1) is 10.5. The van der Waals surface area contributed by atoms with E-state index in [0.717, 1.165) is 12.8 Å². The molecular weight excluding hydrogens is 333 g/mol. The average molecular weight is 343 g/mol. The number of carbonyl (C=O) groups is 1.